The van der Waals surface area contributed by atoms with Gasteiger partial charge in [-0.3, -0.25) is 10.7 Å². The molecule has 0 radical (unpaired) electrons. The molecule has 0 amide bonds. The van der Waals surface area contributed by atoms with Crippen LogP contribution in [0.25, 0.3) is 11.1 Å². The molecule has 2 heteroatoms. The van der Waals surface area contributed by atoms with E-state index in [9.17, 15) is 0 Å². The van der Waals surface area contributed by atoms with Crippen LogP contribution < -0.4 is 5.48 Å². The summed E-state index contributed by atoms with van der Waals surface area (Å²) >= 11 is 0. The van der Waals surface area contributed by atoms with Gasteiger partial charge in [-0.2, -0.15) is 0 Å². The second-order valence-corrected chi connectivity index (χ2v) is 3.82. The summed E-state index contributed by atoms with van der Waals surface area (Å²) in [6, 6.07) is 14.4. The smallest absolute Gasteiger partial charge is 0.0605 e. The Bertz CT molecular complexity index is 525. The summed E-state index contributed by atoms with van der Waals surface area (Å²) in [6.45, 7) is 0. The molecule has 3 rings (SSSR count). The van der Waals surface area contributed by atoms with Crippen molar-refractivity contribution in [3.63, 3.8) is 0 Å². The molecule has 0 atom stereocenters. The molecule has 0 heterocycles. The fraction of sp³-hybridized carbons (Fsp3) is 0.0769. The van der Waals surface area contributed by atoms with E-state index in [1.165, 1.54) is 22.3 Å². The molecule has 2 aromatic rings. The molecule has 2 nitrogen and oxygen atoms in total. The first kappa shape index (κ1) is 8.50. The summed E-state index contributed by atoms with van der Waals surface area (Å²) < 4.78 is 0. The first-order valence-electron chi connectivity index (χ1n) is 5.00. The lowest BCUT2D eigenvalue weighted by Gasteiger charge is -2.03. The Hall–Kier alpha value is -1.80. The van der Waals surface area contributed by atoms with E-state index in [1.54, 1.807) is 0 Å². The molecule has 2 N–H and O–H groups in total. The lowest BCUT2D eigenvalue weighted by Crippen LogP contribution is -1.90. The van der Waals surface area contributed by atoms with Crippen LogP contribution in [0.5, 0.6) is 0 Å². The average Bonchev–Trinajstić information content (AvgIpc) is 2.66. The van der Waals surface area contributed by atoms with E-state index in [-0.39, 0.29) is 1.43 Å². The van der Waals surface area contributed by atoms with Crippen LogP contribution >= 0.6 is 0 Å². The third kappa shape index (κ3) is 1.22. The maximum Gasteiger partial charge on any atom is 0.0605 e. The second-order valence-electron chi connectivity index (χ2n) is 3.82. The zero-order valence-electron chi connectivity index (χ0n) is 8.20. The predicted molar refractivity (Wildman–Crippen MR) is 62.2 cm³/mol. The molecule has 0 saturated carbocycles. The highest BCUT2D eigenvalue weighted by Gasteiger charge is 2.17. The highest BCUT2D eigenvalue weighted by Crippen LogP contribution is 2.37. The molecule has 1 aliphatic carbocycles. The van der Waals surface area contributed by atoms with Crippen molar-refractivity contribution in [1.29, 1.82) is 0 Å². The molecular formula is C13H13NO. The summed E-state index contributed by atoms with van der Waals surface area (Å²) in [5, 5.41) is 8.84. The van der Waals surface area contributed by atoms with E-state index in [4.69, 9.17) is 5.21 Å². The molecule has 0 aliphatic heterocycles. The van der Waals surface area contributed by atoms with E-state index in [0.717, 1.165) is 12.1 Å². The molecule has 15 heavy (non-hydrogen) atoms. The van der Waals surface area contributed by atoms with Gasteiger partial charge in [0.2, 0.25) is 0 Å². The van der Waals surface area contributed by atoms with Crippen LogP contribution in [0.4, 0.5) is 5.69 Å². The van der Waals surface area contributed by atoms with Crippen molar-refractivity contribution in [1.82, 2.24) is 0 Å². The van der Waals surface area contributed by atoms with Gasteiger partial charge in [0.15, 0.2) is 0 Å². The van der Waals surface area contributed by atoms with Crippen molar-refractivity contribution < 1.29 is 6.63 Å². The Kier molecular flexibility index (Phi) is 1.76. The van der Waals surface area contributed by atoms with Gasteiger partial charge in [-0.05, 0) is 40.8 Å². The molecule has 0 saturated heterocycles. The lowest BCUT2D eigenvalue weighted by atomic mass is 10.1. The van der Waals surface area contributed by atoms with E-state index in [2.05, 4.69) is 35.8 Å². The summed E-state index contributed by atoms with van der Waals surface area (Å²) in [4.78, 5) is 0. The molecule has 0 bridgehead atoms. The number of hydrogen-bond donors (Lipinski definition) is 2. The minimum atomic E-state index is 0. The monoisotopic (exact) mass is 199 g/mol. The molecule has 76 valence electrons. The van der Waals surface area contributed by atoms with Gasteiger partial charge in [-0.15, -0.1) is 0 Å². The SMILES string of the molecule is ONc1ccc2c(c1)Cc1ccccc1-2.[HH]. The number of rotatable bonds is 1. The van der Waals surface area contributed by atoms with Gasteiger partial charge in [0.05, 0.1) is 5.69 Å². The standard InChI is InChI=1S/C13H11NO.H2/c15-14-11-5-6-13-10(8-11)7-9-3-1-2-4-12(9)13;/h1-6,8,14-15H,7H2;1H. The Morgan fingerprint density at radius 2 is 1.80 bits per heavy atom. The number of anilines is 1. The number of fused-ring (bicyclic) bond motifs is 3. The van der Waals surface area contributed by atoms with Gasteiger partial charge in [-0.25, -0.2) is 0 Å². The van der Waals surface area contributed by atoms with Gasteiger partial charge in [-0.1, -0.05) is 30.3 Å². The van der Waals surface area contributed by atoms with Crippen LogP contribution in [-0.2, 0) is 6.42 Å². The first-order chi connectivity index (χ1) is 7.38. The molecule has 0 aromatic heterocycles. The Labute approximate surface area is 89.6 Å². The molecule has 2 aromatic carbocycles. The van der Waals surface area contributed by atoms with Crippen LogP contribution in [0.15, 0.2) is 42.5 Å². The maximum atomic E-state index is 8.84. The summed E-state index contributed by atoms with van der Waals surface area (Å²) in [5.74, 6) is 0. The van der Waals surface area contributed by atoms with Gasteiger partial charge in [0.25, 0.3) is 0 Å². The third-order valence-electron chi connectivity index (χ3n) is 2.92. The number of hydrogen-bond acceptors (Lipinski definition) is 2. The molecule has 0 spiro atoms. The lowest BCUT2D eigenvalue weighted by molar-refractivity contribution is 0.389. The Morgan fingerprint density at radius 1 is 1.00 bits per heavy atom. The summed E-state index contributed by atoms with van der Waals surface area (Å²) in [7, 11) is 0. The van der Waals surface area contributed by atoms with Gasteiger partial charge >= 0.3 is 0 Å². The van der Waals surface area contributed by atoms with Crippen molar-refractivity contribution in [2.45, 2.75) is 6.42 Å². The van der Waals surface area contributed by atoms with Crippen molar-refractivity contribution in [2.75, 3.05) is 5.48 Å². The van der Waals surface area contributed by atoms with Crippen molar-refractivity contribution in [2.24, 2.45) is 0 Å². The van der Waals surface area contributed by atoms with E-state index in [0.29, 0.717) is 0 Å². The zero-order chi connectivity index (χ0) is 10.3. The van der Waals surface area contributed by atoms with Crippen LogP contribution in [0.2, 0.25) is 0 Å². The normalized spacial score (nSPS) is 12.1. The highest BCUT2D eigenvalue weighted by molar-refractivity contribution is 5.78. The quantitative estimate of drug-likeness (QED) is 0.589. The van der Waals surface area contributed by atoms with E-state index >= 15 is 0 Å². The number of nitrogens with one attached hydrogen (secondary N) is 1. The zero-order valence-corrected chi connectivity index (χ0v) is 8.20. The first-order valence-corrected chi connectivity index (χ1v) is 5.00. The largest absolute Gasteiger partial charge is 0.291 e. The van der Waals surface area contributed by atoms with Crippen LogP contribution in [0, 0.1) is 0 Å². The van der Waals surface area contributed by atoms with Crippen molar-refractivity contribution in [3.05, 3.63) is 53.6 Å². The topological polar surface area (TPSA) is 32.3 Å². The fourth-order valence-electron chi connectivity index (χ4n) is 2.21. The van der Waals surface area contributed by atoms with Crippen LogP contribution in [0.1, 0.15) is 12.6 Å². The highest BCUT2D eigenvalue weighted by atomic mass is 16.5. The molecule has 0 unspecified atom stereocenters. The summed E-state index contributed by atoms with van der Waals surface area (Å²) in [5.41, 5.74) is 8.17. The minimum Gasteiger partial charge on any atom is -0.291 e. The number of benzene rings is 2. The summed E-state index contributed by atoms with van der Waals surface area (Å²) in [6.07, 6.45) is 0.959. The molecule has 0 fully saturated rings. The van der Waals surface area contributed by atoms with E-state index < -0.39 is 0 Å². The van der Waals surface area contributed by atoms with E-state index in [1.807, 2.05) is 12.1 Å². The predicted octanol–water partition coefficient (Wildman–Crippen LogP) is 3.30. The van der Waals surface area contributed by atoms with Crippen LogP contribution in [0.3, 0.4) is 0 Å². The van der Waals surface area contributed by atoms with Crippen molar-refractivity contribution in [3.8, 4) is 11.1 Å². The van der Waals surface area contributed by atoms with Gasteiger partial charge in [0.1, 0.15) is 0 Å². The van der Waals surface area contributed by atoms with Gasteiger partial charge < -0.3 is 0 Å². The average molecular weight is 199 g/mol. The van der Waals surface area contributed by atoms with Gasteiger partial charge in [0, 0.05) is 1.43 Å². The van der Waals surface area contributed by atoms with Crippen molar-refractivity contribution >= 4 is 5.69 Å². The molecule has 1 aliphatic rings. The Balaban J connectivity index is 0.000000963. The third-order valence-corrected chi connectivity index (χ3v) is 2.92. The van der Waals surface area contributed by atoms with Crippen LogP contribution in [-0.4, -0.2) is 5.21 Å². The fourth-order valence-corrected chi connectivity index (χ4v) is 2.21. The maximum absolute atomic E-state index is 8.84. The molecular weight excluding hydrogens is 186 g/mol. The minimum absolute atomic E-state index is 0. The Morgan fingerprint density at radius 3 is 2.67 bits per heavy atom. The second kappa shape index (κ2) is 3.11.